The number of anilines is 1. The number of hydrogen-bond donors (Lipinski definition) is 3. The molecule has 1 aromatic carbocycles. The van der Waals surface area contributed by atoms with Gasteiger partial charge in [-0.05, 0) is 30.7 Å². The van der Waals surface area contributed by atoms with Crippen LogP contribution < -0.4 is 10.2 Å². The first-order chi connectivity index (χ1) is 9.52. The van der Waals surface area contributed by atoms with Crippen molar-refractivity contribution in [3.63, 3.8) is 0 Å². The SMILES string of the molecule is CCCNCc1cc(F)c(N2CC(O)C(O)C2)c(F)c1. The maximum Gasteiger partial charge on any atom is 0.149 e. The molecule has 2 atom stereocenters. The summed E-state index contributed by atoms with van der Waals surface area (Å²) >= 11 is 0. The maximum atomic E-state index is 14.1. The average molecular weight is 286 g/mol. The Kier molecular flexibility index (Phi) is 4.91. The lowest BCUT2D eigenvalue weighted by Crippen LogP contribution is -2.24. The van der Waals surface area contributed by atoms with E-state index in [1.54, 1.807) is 0 Å². The molecule has 1 heterocycles. The van der Waals surface area contributed by atoms with Gasteiger partial charge in [0.1, 0.15) is 17.3 Å². The van der Waals surface area contributed by atoms with Crippen LogP contribution in [0, 0.1) is 11.6 Å². The van der Waals surface area contributed by atoms with Crippen LogP contribution in [0.2, 0.25) is 0 Å². The number of aliphatic hydroxyl groups is 2. The van der Waals surface area contributed by atoms with Gasteiger partial charge < -0.3 is 20.4 Å². The lowest BCUT2D eigenvalue weighted by Gasteiger charge is -2.20. The molecule has 112 valence electrons. The maximum absolute atomic E-state index is 14.1. The lowest BCUT2D eigenvalue weighted by molar-refractivity contribution is 0.0572. The number of halogens is 2. The van der Waals surface area contributed by atoms with Gasteiger partial charge in [0.15, 0.2) is 0 Å². The van der Waals surface area contributed by atoms with E-state index in [9.17, 15) is 19.0 Å². The third-order valence-electron chi connectivity index (χ3n) is 3.41. The molecule has 0 aliphatic carbocycles. The Balaban J connectivity index is 2.15. The number of nitrogens with zero attached hydrogens (tertiary/aromatic N) is 1. The highest BCUT2D eigenvalue weighted by atomic mass is 19.1. The largest absolute Gasteiger partial charge is 0.389 e. The van der Waals surface area contributed by atoms with Crippen LogP contribution in [0.5, 0.6) is 0 Å². The highest BCUT2D eigenvalue weighted by Gasteiger charge is 2.32. The van der Waals surface area contributed by atoms with Crippen LogP contribution in [0.15, 0.2) is 12.1 Å². The van der Waals surface area contributed by atoms with Crippen molar-refractivity contribution in [2.45, 2.75) is 32.1 Å². The first kappa shape index (κ1) is 15.2. The molecule has 3 N–H and O–H groups in total. The molecule has 1 aliphatic rings. The Bertz CT molecular complexity index is 437. The van der Waals surface area contributed by atoms with Gasteiger partial charge in [-0.2, -0.15) is 0 Å². The number of nitrogens with one attached hydrogen (secondary N) is 1. The minimum Gasteiger partial charge on any atom is -0.389 e. The van der Waals surface area contributed by atoms with Gasteiger partial charge in [-0.25, -0.2) is 8.78 Å². The van der Waals surface area contributed by atoms with Gasteiger partial charge in [0.2, 0.25) is 0 Å². The van der Waals surface area contributed by atoms with Crippen LogP contribution in [0.3, 0.4) is 0 Å². The summed E-state index contributed by atoms with van der Waals surface area (Å²) in [6, 6.07) is 2.58. The Morgan fingerprint density at radius 3 is 2.25 bits per heavy atom. The van der Waals surface area contributed by atoms with E-state index in [-0.39, 0.29) is 18.8 Å². The van der Waals surface area contributed by atoms with E-state index in [0.717, 1.165) is 13.0 Å². The molecule has 0 amide bonds. The zero-order valence-corrected chi connectivity index (χ0v) is 11.4. The second-order valence-electron chi connectivity index (χ2n) is 5.12. The number of benzene rings is 1. The molecular formula is C14H20F2N2O2. The third kappa shape index (κ3) is 3.26. The molecule has 0 spiro atoms. The predicted octanol–water partition coefficient (Wildman–Crippen LogP) is 1.01. The molecule has 20 heavy (non-hydrogen) atoms. The number of aliphatic hydroxyl groups excluding tert-OH is 2. The Hall–Kier alpha value is -1.24. The summed E-state index contributed by atoms with van der Waals surface area (Å²) in [4.78, 5) is 1.34. The fraction of sp³-hybridized carbons (Fsp3) is 0.571. The van der Waals surface area contributed by atoms with Gasteiger partial charge in [0.05, 0.1) is 12.2 Å². The average Bonchev–Trinajstić information content (AvgIpc) is 2.68. The van der Waals surface area contributed by atoms with Crippen LogP contribution in [0.1, 0.15) is 18.9 Å². The molecule has 2 rings (SSSR count). The van der Waals surface area contributed by atoms with Crippen molar-refractivity contribution in [3.05, 3.63) is 29.3 Å². The zero-order valence-electron chi connectivity index (χ0n) is 11.4. The van der Waals surface area contributed by atoms with Gasteiger partial charge >= 0.3 is 0 Å². The highest BCUT2D eigenvalue weighted by Crippen LogP contribution is 2.28. The van der Waals surface area contributed by atoms with E-state index in [4.69, 9.17) is 0 Å². The Labute approximate surface area is 117 Å². The van der Waals surface area contributed by atoms with Crippen molar-refractivity contribution >= 4 is 5.69 Å². The molecule has 4 nitrogen and oxygen atoms in total. The molecule has 1 saturated heterocycles. The van der Waals surface area contributed by atoms with Crippen molar-refractivity contribution in [1.82, 2.24) is 5.32 Å². The predicted molar refractivity (Wildman–Crippen MR) is 72.6 cm³/mol. The zero-order chi connectivity index (χ0) is 14.7. The summed E-state index contributed by atoms with van der Waals surface area (Å²) in [5, 5.41) is 22.0. The summed E-state index contributed by atoms with van der Waals surface area (Å²) in [6.45, 7) is 3.27. The van der Waals surface area contributed by atoms with Gasteiger partial charge in [0.25, 0.3) is 0 Å². The second kappa shape index (κ2) is 6.47. The van der Waals surface area contributed by atoms with Crippen molar-refractivity contribution in [2.75, 3.05) is 24.5 Å². The normalized spacial score (nSPS) is 22.6. The van der Waals surface area contributed by atoms with E-state index in [2.05, 4.69) is 5.32 Å². The van der Waals surface area contributed by atoms with Gasteiger partial charge in [-0.15, -0.1) is 0 Å². The molecule has 1 aliphatic heterocycles. The third-order valence-corrected chi connectivity index (χ3v) is 3.41. The standard InChI is InChI=1S/C14H20F2N2O2/c1-2-3-17-6-9-4-10(15)14(11(16)5-9)18-7-12(19)13(20)8-18/h4-5,12-13,17,19-20H,2-3,6-8H2,1H3. The Morgan fingerprint density at radius 2 is 1.75 bits per heavy atom. The van der Waals surface area contributed by atoms with Crippen LogP contribution in [-0.2, 0) is 6.54 Å². The number of hydrogen-bond acceptors (Lipinski definition) is 4. The molecule has 0 bridgehead atoms. The number of β-amino-alcohol motifs (C(OH)–C–C–N with tert-alkyl or cyclic N) is 2. The van der Waals surface area contributed by atoms with Crippen molar-refractivity contribution in [2.24, 2.45) is 0 Å². The van der Waals surface area contributed by atoms with Crippen molar-refractivity contribution < 1.29 is 19.0 Å². The molecule has 2 unspecified atom stereocenters. The summed E-state index contributed by atoms with van der Waals surface area (Å²) in [5.74, 6) is -1.33. The van der Waals surface area contributed by atoms with E-state index >= 15 is 0 Å². The molecule has 1 aromatic rings. The molecule has 0 saturated carbocycles. The van der Waals surface area contributed by atoms with Crippen LogP contribution in [-0.4, -0.2) is 42.1 Å². The van der Waals surface area contributed by atoms with Crippen LogP contribution in [0.4, 0.5) is 14.5 Å². The van der Waals surface area contributed by atoms with Crippen molar-refractivity contribution in [3.8, 4) is 0 Å². The molecular weight excluding hydrogens is 266 g/mol. The molecule has 1 fully saturated rings. The topological polar surface area (TPSA) is 55.7 Å². The highest BCUT2D eigenvalue weighted by molar-refractivity contribution is 5.52. The number of rotatable bonds is 5. The quantitative estimate of drug-likeness (QED) is 0.707. The summed E-state index contributed by atoms with van der Waals surface area (Å²) in [6.07, 6.45) is -0.994. The van der Waals surface area contributed by atoms with Gasteiger partial charge in [0, 0.05) is 19.6 Å². The molecule has 0 radical (unpaired) electrons. The lowest BCUT2D eigenvalue weighted by atomic mass is 10.1. The minimum absolute atomic E-state index is 0.0302. The van der Waals surface area contributed by atoms with Crippen molar-refractivity contribution in [1.29, 1.82) is 0 Å². The van der Waals surface area contributed by atoms with Crippen LogP contribution in [0.25, 0.3) is 0 Å². The van der Waals surface area contributed by atoms with Crippen LogP contribution >= 0.6 is 0 Å². The molecule has 6 heteroatoms. The Morgan fingerprint density at radius 1 is 1.20 bits per heavy atom. The first-order valence-electron chi connectivity index (χ1n) is 6.82. The van der Waals surface area contributed by atoms with Gasteiger partial charge in [-0.3, -0.25) is 0 Å². The van der Waals surface area contributed by atoms with Gasteiger partial charge in [-0.1, -0.05) is 6.92 Å². The smallest absolute Gasteiger partial charge is 0.149 e. The summed E-state index contributed by atoms with van der Waals surface area (Å²) in [5.41, 5.74) is 0.359. The fourth-order valence-electron chi connectivity index (χ4n) is 2.38. The van der Waals surface area contributed by atoms with E-state index in [0.29, 0.717) is 12.1 Å². The monoisotopic (exact) mass is 286 g/mol. The second-order valence-corrected chi connectivity index (χ2v) is 5.12. The minimum atomic E-state index is -0.973. The molecule has 0 aromatic heterocycles. The van der Waals surface area contributed by atoms with E-state index in [1.807, 2.05) is 6.92 Å². The van der Waals surface area contributed by atoms with E-state index in [1.165, 1.54) is 17.0 Å². The fourth-order valence-corrected chi connectivity index (χ4v) is 2.38. The first-order valence-corrected chi connectivity index (χ1v) is 6.82. The summed E-state index contributed by atoms with van der Waals surface area (Å²) < 4.78 is 28.1. The summed E-state index contributed by atoms with van der Waals surface area (Å²) in [7, 11) is 0. The van der Waals surface area contributed by atoms with E-state index < -0.39 is 23.8 Å².